The zero-order valence-electron chi connectivity index (χ0n) is 13.0. The van der Waals surface area contributed by atoms with Gasteiger partial charge in [0.05, 0.1) is 5.02 Å². The molecular formula is C15H22ClN3O2. The molecule has 2 heterocycles. The minimum Gasteiger partial charge on any atom is -0.444 e. The van der Waals surface area contributed by atoms with Gasteiger partial charge >= 0.3 is 6.09 Å². The third kappa shape index (κ3) is 4.24. The molecule has 0 bridgehead atoms. The summed E-state index contributed by atoms with van der Waals surface area (Å²) in [5.41, 5.74) is 0.555. The van der Waals surface area contributed by atoms with Crippen LogP contribution in [0.25, 0.3) is 0 Å². The molecule has 1 aromatic rings. The Bertz CT molecular complexity index is 520. The van der Waals surface area contributed by atoms with Crippen LogP contribution < -0.4 is 4.90 Å². The van der Waals surface area contributed by atoms with E-state index in [1.165, 1.54) is 0 Å². The van der Waals surface area contributed by atoms with E-state index in [0.29, 0.717) is 18.1 Å². The summed E-state index contributed by atoms with van der Waals surface area (Å²) in [6, 6.07) is 1.98. The summed E-state index contributed by atoms with van der Waals surface area (Å²) in [5.74, 6) is 0.903. The quantitative estimate of drug-likeness (QED) is 0.799. The lowest BCUT2D eigenvalue weighted by atomic mass is 10.2. The lowest BCUT2D eigenvalue weighted by Crippen LogP contribution is -2.50. The Morgan fingerprint density at radius 2 is 1.90 bits per heavy atom. The monoisotopic (exact) mass is 311 g/mol. The second-order valence-electron chi connectivity index (χ2n) is 6.25. The first-order valence-electron chi connectivity index (χ1n) is 7.11. The summed E-state index contributed by atoms with van der Waals surface area (Å²) < 4.78 is 5.39. The molecule has 2 rings (SSSR count). The third-order valence-corrected chi connectivity index (χ3v) is 3.68. The van der Waals surface area contributed by atoms with Crippen LogP contribution in [-0.4, -0.2) is 47.8 Å². The van der Waals surface area contributed by atoms with Crippen LogP contribution in [-0.2, 0) is 4.74 Å². The molecule has 1 aliphatic rings. The number of aryl methyl sites for hydroxylation is 1. The molecule has 0 saturated carbocycles. The molecule has 1 aromatic heterocycles. The van der Waals surface area contributed by atoms with E-state index in [9.17, 15) is 4.79 Å². The molecule has 0 N–H and O–H groups in total. The number of nitrogens with zero attached hydrogens (tertiary/aromatic N) is 3. The summed E-state index contributed by atoms with van der Waals surface area (Å²) in [6.45, 7) is 10.4. The molecule has 0 unspecified atom stereocenters. The van der Waals surface area contributed by atoms with Crippen molar-refractivity contribution in [1.82, 2.24) is 9.88 Å². The number of hydrogen-bond acceptors (Lipinski definition) is 4. The number of piperazine rings is 1. The van der Waals surface area contributed by atoms with Gasteiger partial charge in [0.25, 0.3) is 0 Å². The fraction of sp³-hybridized carbons (Fsp3) is 0.600. The van der Waals surface area contributed by atoms with Gasteiger partial charge in [-0.05, 0) is 39.3 Å². The SMILES string of the molecule is Cc1cc(N2CCN(C(=O)OC(C)(C)C)CC2)ncc1Cl. The number of carbonyl (C=O) groups excluding carboxylic acids is 1. The van der Waals surface area contributed by atoms with Gasteiger partial charge in [-0.1, -0.05) is 11.6 Å². The minimum absolute atomic E-state index is 0.248. The number of hydrogen-bond donors (Lipinski definition) is 0. The van der Waals surface area contributed by atoms with E-state index >= 15 is 0 Å². The van der Waals surface area contributed by atoms with Crippen molar-refractivity contribution in [3.8, 4) is 0 Å². The summed E-state index contributed by atoms with van der Waals surface area (Å²) in [7, 11) is 0. The highest BCUT2D eigenvalue weighted by molar-refractivity contribution is 6.31. The molecule has 0 spiro atoms. The largest absolute Gasteiger partial charge is 0.444 e. The van der Waals surface area contributed by atoms with Crippen LogP contribution in [0.5, 0.6) is 0 Å². The zero-order chi connectivity index (χ0) is 15.6. The number of halogens is 1. The van der Waals surface area contributed by atoms with Crippen molar-refractivity contribution < 1.29 is 9.53 Å². The van der Waals surface area contributed by atoms with Crippen molar-refractivity contribution in [3.63, 3.8) is 0 Å². The lowest BCUT2D eigenvalue weighted by molar-refractivity contribution is 0.0240. The van der Waals surface area contributed by atoms with Crippen LogP contribution in [0.4, 0.5) is 10.6 Å². The Labute approximate surface area is 130 Å². The highest BCUT2D eigenvalue weighted by Gasteiger charge is 2.26. The second kappa shape index (κ2) is 6.10. The van der Waals surface area contributed by atoms with Gasteiger partial charge in [-0.15, -0.1) is 0 Å². The van der Waals surface area contributed by atoms with Crippen molar-refractivity contribution in [3.05, 3.63) is 22.8 Å². The molecule has 0 aliphatic carbocycles. The second-order valence-corrected chi connectivity index (χ2v) is 6.65. The van der Waals surface area contributed by atoms with Gasteiger partial charge in [0.1, 0.15) is 11.4 Å². The molecule has 1 fully saturated rings. The van der Waals surface area contributed by atoms with E-state index in [1.807, 2.05) is 33.8 Å². The molecule has 1 saturated heterocycles. The standard InChI is InChI=1S/C15H22ClN3O2/c1-11-9-13(17-10-12(11)16)18-5-7-19(8-6-18)14(20)21-15(2,3)4/h9-10H,5-8H2,1-4H3. The molecule has 0 aromatic carbocycles. The summed E-state index contributed by atoms with van der Waals surface area (Å²) in [4.78, 5) is 20.3. The van der Waals surface area contributed by atoms with Gasteiger partial charge in [0, 0.05) is 32.4 Å². The highest BCUT2D eigenvalue weighted by Crippen LogP contribution is 2.21. The molecule has 1 aliphatic heterocycles. The number of anilines is 1. The first kappa shape index (κ1) is 15.9. The fourth-order valence-corrected chi connectivity index (χ4v) is 2.25. The van der Waals surface area contributed by atoms with Gasteiger partial charge in [0.15, 0.2) is 0 Å². The Morgan fingerprint density at radius 3 is 2.43 bits per heavy atom. The van der Waals surface area contributed by atoms with Crippen LogP contribution in [0, 0.1) is 6.92 Å². The van der Waals surface area contributed by atoms with Gasteiger partial charge in [-0.2, -0.15) is 0 Å². The van der Waals surface area contributed by atoms with Crippen molar-refractivity contribution in [2.75, 3.05) is 31.1 Å². The Balaban J connectivity index is 1.94. The predicted octanol–water partition coefficient (Wildman–Crippen LogP) is 3.10. The Morgan fingerprint density at radius 1 is 1.29 bits per heavy atom. The maximum atomic E-state index is 12.0. The molecule has 1 amide bonds. The van der Waals surface area contributed by atoms with E-state index in [4.69, 9.17) is 16.3 Å². The molecule has 5 nitrogen and oxygen atoms in total. The molecule has 0 radical (unpaired) electrons. The summed E-state index contributed by atoms with van der Waals surface area (Å²) in [5, 5.41) is 0.672. The summed E-state index contributed by atoms with van der Waals surface area (Å²) in [6.07, 6.45) is 1.43. The summed E-state index contributed by atoms with van der Waals surface area (Å²) >= 11 is 6.00. The molecule has 116 valence electrons. The smallest absolute Gasteiger partial charge is 0.410 e. The van der Waals surface area contributed by atoms with E-state index in [1.54, 1.807) is 11.1 Å². The molecular weight excluding hydrogens is 290 g/mol. The molecule has 21 heavy (non-hydrogen) atoms. The average Bonchev–Trinajstić information content (AvgIpc) is 2.40. The van der Waals surface area contributed by atoms with E-state index < -0.39 is 5.60 Å². The minimum atomic E-state index is -0.455. The number of carbonyl (C=O) groups is 1. The number of pyridine rings is 1. The number of ether oxygens (including phenoxy) is 1. The van der Waals surface area contributed by atoms with Gasteiger partial charge in [-0.3, -0.25) is 0 Å². The maximum absolute atomic E-state index is 12.0. The zero-order valence-corrected chi connectivity index (χ0v) is 13.8. The predicted molar refractivity (Wildman–Crippen MR) is 84.0 cm³/mol. The third-order valence-electron chi connectivity index (χ3n) is 3.29. The van der Waals surface area contributed by atoms with Crippen LogP contribution in [0.15, 0.2) is 12.3 Å². The topological polar surface area (TPSA) is 45.7 Å². The number of aromatic nitrogens is 1. The van der Waals surface area contributed by atoms with E-state index in [0.717, 1.165) is 24.5 Å². The van der Waals surface area contributed by atoms with Crippen LogP contribution in [0.3, 0.4) is 0 Å². The van der Waals surface area contributed by atoms with Gasteiger partial charge in [0.2, 0.25) is 0 Å². The first-order valence-corrected chi connectivity index (χ1v) is 7.49. The number of amides is 1. The maximum Gasteiger partial charge on any atom is 0.410 e. The van der Waals surface area contributed by atoms with Crippen molar-refractivity contribution >= 4 is 23.5 Å². The van der Waals surface area contributed by atoms with E-state index in [-0.39, 0.29) is 6.09 Å². The Kier molecular flexibility index (Phi) is 4.61. The lowest BCUT2D eigenvalue weighted by Gasteiger charge is -2.36. The average molecular weight is 312 g/mol. The van der Waals surface area contributed by atoms with Crippen LogP contribution >= 0.6 is 11.6 Å². The van der Waals surface area contributed by atoms with Crippen molar-refractivity contribution in [1.29, 1.82) is 0 Å². The first-order chi connectivity index (χ1) is 9.76. The van der Waals surface area contributed by atoms with Crippen molar-refractivity contribution in [2.45, 2.75) is 33.3 Å². The van der Waals surface area contributed by atoms with Crippen molar-refractivity contribution in [2.24, 2.45) is 0 Å². The van der Waals surface area contributed by atoms with Crippen LogP contribution in [0.2, 0.25) is 5.02 Å². The van der Waals surface area contributed by atoms with Gasteiger partial charge in [-0.25, -0.2) is 9.78 Å². The Hall–Kier alpha value is -1.49. The highest BCUT2D eigenvalue weighted by atomic mass is 35.5. The molecule has 0 atom stereocenters. The van der Waals surface area contributed by atoms with Crippen LogP contribution in [0.1, 0.15) is 26.3 Å². The van der Waals surface area contributed by atoms with E-state index in [2.05, 4.69) is 9.88 Å². The number of rotatable bonds is 1. The normalized spacial score (nSPS) is 16.0. The molecule has 6 heteroatoms. The fourth-order valence-electron chi connectivity index (χ4n) is 2.14. The van der Waals surface area contributed by atoms with Gasteiger partial charge < -0.3 is 14.5 Å².